The van der Waals surface area contributed by atoms with Gasteiger partial charge in [-0.3, -0.25) is 24.3 Å². The van der Waals surface area contributed by atoms with E-state index in [1.807, 2.05) is 42.5 Å². The lowest BCUT2D eigenvalue weighted by Gasteiger charge is -2.28. The third-order valence-electron chi connectivity index (χ3n) is 9.19. The summed E-state index contributed by atoms with van der Waals surface area (Å²) in [6, 6.07) is 25.5. The second-order valence-corrected chi connectivity index (χ2v) is 14.4. The molecule has 1 N–H and O–H groups in total. The van der Waals surface area contributed by atoms with Gasteiger partial charge in [0.1, 0.15) is 11.3 Å². The smallest absolute Gasteiger partial charge is 0.247 e. The van der Waals surface area contributed by atoms with Crippen LogP contribution in [-0.4, -0.2) is 76.6 Å². The van der Waals surface area contributed by atoms with Crippen molar-refractivity contribution in [2.75, 3.05) is 43.1 Å². The fraction of sp³-hybridized carbons (Fsp3) is 0.289. The minimum absolute atomic E-state index is 0.0203. The fourth-order valence-corrected chi connectivity index (χ4v) is 8.18. The van der Waals surface area contributed by atoms with Crippen molar-refractivity contribution in [2.45, 2.75) is 37.1 Å². The highest BCUT2D eigenvalue weighted by Gasteiger charge is 2.39. The van der Waals surface area contributed by atoms with Crippen molar-refractivity contribution in [2.24, 2.45) is 4.99 Å². The molecule has 1 unspecified atom stereocenters. The van der Waals surface area contributed by atoms with Crippen molar-refractivity contribution in [1.29, 1.82) is 0 Å². The van der Waals surface area contributed by atoms with Crippen LogP contribution in [0.5, 0.6) is 0 Å². The molecule has 3 aliphatic rings. The van der Waals surface area contributed by atoms with E-state index in [1.165, 1.54) is 11.8 Å². The van der Waals surface area contributed by atoms with E-state index < -0.39 is 11.3 Å². The average molecular weight is 744 g/mol. The number of likely N-dealkylation sites (tertiary alicyclic amines) is 1. The molecule has 3 aromatic carbocycles. The summed E-state index contributed by atoms with van der Waals surface area (Å²) >= 11 is 14.0. The van der Waals surface area contributed by atoms with E-state index >= 15 is 0 Å². The summed E-state index contributed by atoms with van der Waals surface area (Å²) in [5.41, 5.74) is 4.54. The number of amides is 3. The van der Waals surface area contributed by atoms with Gasteiger partial charge in [0, 0.05) is 47.3 Å². The number of ether oxygens (including phenoxy) is 1. The lowest BCUT2D eigenvalue weighted by atomic mass is 10.1. The van der Waals surface area contributed by atoms with Gasteiger partial charge in [-0.2, -0.15) is 0 Å². The molecule has 51 heavy (non-hydrogen) atoms. The second kappa shape index (κ2) is 15.9. The maximum Gasteiger partial charge on any atom is 0.247 e. The predicted octanol–water partition coefficient (Wildman–Crippen LogP) is 6.90. The van der Waals surface area contributed by atoms with Gasteiger partial charge in [-0.05, 0) is 84.6 Å². The average Bonchev–Trinajstić information content (AvgIpc) is 3.77. The van der Waals surface area contributed by atoms with Crippen molar-refractivity contribution >= 4 is 74.9 Å². The van der Waals surface area contributed by atoms with Crippen LogP contribution in [-0.2, 0) is 32.1 Å². The normalized spacial score (nSPS) is 19.9. The van der Waals surface area contributed by atoms with E-state index in [4.69, 9.17) is 32.9 Å². The molecule has 10 nitrogen and oxygen atoms in total. The van der Waals surface area contributed by atoms with E-state index in [1.54, 1.807) is 46.3 Å². The SMILES string of the molecule is O=C(Nc1ccc(C2S/C(=N\c3ccc(N4CCOCC4)cc3)N(Cc3ccccn3)C2=O)cc1)[C@@H]1CCCN1C(=O)Cc1c(Cl)cccc1Cl. The molecule has 0 saturated carbocycles. The number of halogens is 2. The molecule has 4 heterocycles. The summed E-state index contributed by atoms with van der Waals surface area (Å²) in [6.45, 7) is 3.89. The maximum absolute atomic E-state index is 13.9. The van der Waals surface area contributed by atoms with Crippen molar-refractivity contribution in [1.82, 2.24) is 14.8 Å². The van der Waals surface area contributed by atoms with Crippen LogP contribution < -0.4 is 10.2 Å². The zero-order valence-corrected chi connectivity index (χ0v) is 30.0. The van der Waals surface area contributed by atoms with E-state index in [0.29, 0.717) is 59.2 Å². The summed E-state index contributed by atoms with van der Waals surface area (Å²) < 4.78 is 5.48. The Hall–Kier alpha value is -4.42. The number of carbonyl (C=O) groups excluding carboxylic acids is 3. The number of aliphatic imine (C=N–C) groups is 1. The Morgan fingerprint density at radius 3 is 2.37 bits per heavy atom. The van der Waals surface area contributed by atoms with Gasteiger partial charge in [0.15, 0.2) is 5.17 Å². The second-order valence-electron chi connectivity index (χ2n) is 12.5. The van der Waals surface area contributed by atoms with E-state index in [9.17, 15) is 14.4 Å². The topological polar surface area (TPSA) is 107 Å². The number of amidine groups is 1. The molecule has 3 aliphatic heterocycles. The minimum Gasteiger partial charge on any atom is -0.378 e. The zero-order valence-electron chi connectivity index (χ0n) is 27.7. The summed E-state index contributed by atoms with van der Waals surface area (Å²) in [5.74, 6) is -0.554. The summed E-state index contributed by atoms with van der Waals surface area (Å²) in [5, 5.41) is 3.88. The molecule has 262 valence electrons. The van der Waals surface area contributed by atoms with Gasteiger partial charge in [0.2, 0.25) is 17.7 Å². The maximum atomic E-state index is 13.9. The van der Waals surface area contributed by atoms with Crippen LogP contribution in [0.15, 0.2) is 96.1 Å². The molecule has 3 amide bonds. The van der Waals surface area contributed by atoms with Crippen molar-refractivity contribution in [3.63, 3.8) is 0 Å². The Bertz CT molecular complexity index is 1900. The number of rotatable bonds is 9. The molecule has 1 aromatic heterocycles. The number of carbonyl (C=O) groups is 3. The number of benzene rings is 3. The zero-order chi connectivity index (χ0) is 35.3. The Morgan fingerprint density at radius 1 is 0.922 bits per heavy atom. The van der Waals surface area contributed by atoms with Gasteiger partial charge in [0.25, 0.3) is 0 Å². The highest BCUT2D eigenvalue weighted by atomic mass is 35.5. The van der Waals surface area contributed by atoms with Gasteiger partial charge in [-0.1, -0.05) is 59.2 Å². The van der Waals surface area contributed by atoms with Crippen LogP contribution >= 0.6 is 35.0 Å². The molecule has 0 aliphatic carbocycles. The Balaban J connectivity index is 1.04. The molecule has 3 fully saturated rings. The Labute approximate surface area is 310 Å². The monoisotopic (exact) mass is 742 g/mol. The number of anilines is 2. The molecule has 2 atom stereocenters. The number of morpholine rings is 1. The minimum atomic E-state index is -0.604. The first-order valence-corrected chi connectivity index (χ1v) is 18.5. The summed E-state index contributed by atoms with van der Waals surface area (Å²) in [7, 11) is 0. The molecule has 4 aromatic rings. The van der Waals surface area contributed by atoms with Crippen LogP contribution in [0.3, 0.4) is 0 Å². The van der Waals surface area contributed by atoms with Gasteiger partial charge in [-0.25, -0.2) is 4.99 Å². The number of aromatic nitrogens is 1. The number of nitrogens with zero attached hydrogens (tertiary/aromatic N) is 5. The highest BCUT2D eigenvalue weighted by molar-refractivity contribution is 8.15. The van der Waals surface area contributed by atoms with Crippen molar-refractivity contribution in [3.05, 3.63) is 118 Å². The first-order chi connectivity index (χ1) is 24.8. The van der Waals surface area contributed by atoms with Crippen LogP contribution in [0.2, 0.25) is 10.0 Å². The molecule has 13 heteroatoms. The van der Waals surface area contributed by atoms with Gasteiger partial charge in [0.05, 0.1) is 37.6 Å². The third kappa shape index (κ3) is 8.07. The van der Waals surface area contributed by atoms with Crippen molar-refractivity contribution < 1.29 is 19.1 Å². The standard InChI is InChI=1S/C38H36Cl2N6O4S/c39-31-6-3-7-32(40)30(31)23-34(47)45-18-4-8-33(45)36(48)42-26-11-9-25(10-12-26)35-37(49)46(24-28-5-1-2-17-41-28)38(51-35)43-27-13-15-29(16-14-27)44-19-21-50-22-20-44/h1-3,5-7,9-17,33,35H,4,8,18-24H2,(H,42,48)/b43-38-/t33-,35?/m0/s1. The Morgan fingerprint density at radius 2 is 1.67 bits per heavy atom. The number of pyridine rings is 1. The number of nitrogens with one attached hydrogen (secondary N) is 1. The third-order valence-corrected chi connectivity index (χ3v) is 11.1. The molecular weight excluding hydrogens is 707 g/mol. The highest BCUT2D eigenvalue weighted by Crippen LogP contribution is 2.41. The molecule has 0 spiro atoms. The number of hydrogen-bond acceptors (Lipinski definition) is 8. The van der Waals surface area contributed by atoms with E-state index in [-0.39, 0.29) is 24.1 Å². The fourth-order valence-electron chi connectivity index (χ4n) is 6.48. The molecule has 3 saturated heterocycles. The predicted molar refractivity (Wildman–Crippen MR) is 202 cm³/mol. The molecule has 0 bridgehead atoms. The first kappa shape index (κ1) is 35.0. The van der Waals surface area contributed by atoms with Crippen LogP contribution in [0.1, 0.15) is 34.9 Å². The Kier molecular flexibility index (Phi) is 10.9. The lowest BCUT2D eigenvalue weighted by molar-refractivity contribution is -0.136. The number of thioether (sulfide) groups is 1. The van der Waals surface area contributed by atoms with Crippen LogP contribution in [0.25, 0.3) is 0 Å². The summed E-state index contributed by atoms with van der Waals surface area (Å²) in [6.07, 6.45) is 3.01. The molecule has 7 rings (SSSR count). The van der Waals surface area contributed by atoms with Gasteiger partial charge < -0.3 is 19.9 Å². The van der Waals surface area contributed by atoms with E-state index in [0.717, 1.165) is 42.1 Å². The van der Waals surface area contributed by atoms with E-state index in [2.05, 4.69) is 27.3 Å². The van der Waals surface area contributed by atoms with Crippen LogP contribution in [0, 0.1) is 0 Å². The van der Waals surface area contributed by atoms with Crippen molar-refractivity contribution in [3.8, 4) is 0 Å². The first-order valence-electron chi connectivity index (χ1n) is 16.9. The summed E-state index contributed by atoms with van der Waals surface area (Å²) in [4.78, 5) is 55.5. The molecule has 0 radical (unpaired) electrons. The molecular formula is C38H36Cl2N6O4S. The number of hydrogen-bond donors (Lipinski definition) is 1. The van der Waals surface area contributed by atoms with Gasteiger partial charge >= 0.3 is 0 Å². The lowest BCUT2D eigenvalue weighted by Crippen LogP contribution is -2.43. The van der Waals surface area contributed by atoms with Crippen LogP contribution in [0.4, 0.5) is 17.1 Å². The quantitative estimate of drug-likeness (QED) is 0.199. The largest absolute Gasteiger partial charge is 0.378 e. The van der Waals surface area contributed by atoms with Gasteiger partial charge in [-0.15, -0.1) is 0 Å².